The van der Waals surface area contributed by atoms with Crippen LogP contribution in [0.25, 0.3) is 28.1 Å². The molecule has 14 heteroatoms. The van der Waals surface area contributed by atoms with Crippen molar-refractivity contribution in [3.63, 3.8) is 0 Å². The predicted molar refractivity (Wildman–Crippen MR) is 203 cm³/mol. The number of halogens is 1. The molecule has 0 bridgehead atoms. The van der Waals surface area contributed by atoms with Crippen molar-refractivity contribution in [3.8, 4) is 16.9 Å². The number of anilines is 3. The normalized spacial score (nSPS) is 18.8. The summed E-state index contributed by atoms with van der Waals surface area (Å²) >= 11 is 0. The van der Waals surface area contributed by atoms with Crippen LogP contribution in [0.15, 0.2) is 72.3 Å². The van der Waals surface area contributed by atoms with Gasteiger partial charge in [0.15, 0.2) is 5.65 Å². The van der Waals surface area contributed by atoms with E-state index in [1.165, 1.54) is 20.7 Å². The van der Waals surface area contributed by atoms with Crippen LogP contribution in [0.1, 0.15) is 37.6 Å². The molecule has 2 saturated heterocycles. The molecule has 9 rings (SSSR count). The Balaban J connectivity index is 0.00000387. The van der Waals surface area contributed by atoms with E-state index in [0.717, 1.165) is 57.1 Å². The third-order valence-electron chi connectivity index (χ3n) is 10.8. The average molecular weight is 724 g/mol. The number of nitrogens with one attached hydrogen (secondary N) is 1. The number of ether oxygens (including phenoxy) is 1. The van der Waals surface area contributed by atoms with Crippen LogP contribution in [-0.4, -0.2) is 83.3 Å². The molecule has 12 nitrogen and oxygen atoms in total. The highest BCUT2D eigenvalue weighted by molar-refractivity contribution is 7.59. The molecule has 6 aromatic heterocycles. The number of aromatic nitrogens is 6. The van der Waals surface area contributed by atoms with E-state index in [2.05, 4.69) is 51.9 Å². The van der Waals surface area contributed by atoms with Crippen LogP contribution in [0.2, 0.25) is 0 Å². The monoisotopic (exact) mass is 723 g/mol. The molecule has 1 aliphatic carbocycles. The van der Waals surface area contributed by atoms with Crippen molar-refractivity contribution in [2.24, 2.45) is 5.41 Å². The van der Waals surface area contributed by atoms with Gasteiger partial charge in [-0.2, -0.15) is 17.9 Å². The Morgan fingerprint density at radius 1 is 1.04 bits per heavy atom. The number of imidazole rings is 1. The number of aliphatic hydroxyl groups excluding tert-OH is 1. The quantitative estimate of drug-likeness (QED) is 0.242. The Morgan fingerprint density at radius 2 is 1.88 bits per heavy atom. The predicted octanol–water partition coefficient (Wildman–Crippen LogP) is 4.72. The molecule has 0 radical (unpaired) electrons. The smallest absolute Gasteiger partial charge is 0.280 e. The molecule has 6 aromatic rings. The first-order valence-electron chi connectivity index (χ1n) is 17.5. The van der Waals surface area contributed by atoms with E-state index in [4.69, 9.17) is 9.72 Å². The molecule has 52 heavy (non-hydrogen) atoms. The zero-order chi connectivity index (χ0) is 35.0. The molecule has 2 fully saturated rings. The third kappa shape index (κ3) is 5.74. The Labute approximate surface area is 307 Å². The SMILES string of the molecule is C[C@H]1CN(C2COC2)CCN1c1ccc(Nc2cc(-c3ccnc(-n4ccn5c6c(cc5c4=O)CC(C)(C)C6)c3CO)cn3c(F)cnc23)nc1.S. The van der Waals surface area contributed by atoms with Gasteiger partial charge in [-0.15, -0.1) is 0 Å². The lowest BCUT2D eigenvalue weighted by Gasteiger charge is -2.46. The Kier molecular flexibility index (Phi) is 8.60. The number of pyridine rings is 3. The summed E-state index contributed by atoms with van der Waals surface area (Å²) < 4.78 is 25.4. The number of hydrogen-bond acceptors (Lipinski definition) is 9. The van der Waals surface area contributed by atoms with Crippen molar-refractivity contribution < 1.29 is 14.2 Å². The summed E-state index contributed by atoms with van der Waals surface area (Å²) in [7, 11) is 0. The van der Waals surface area contributed by atoms with Crippen LogP contribution < -0.4 is 15.8 Å². The van der Waals surface area contributed by atoms with Crippen LogP contribution in [0.4, 0.5) is 21.6 Å². The standard InChI is InChI=1S/C38H40FN9O3.H2S/c1-23-18-44(27-21-51-22-27)8-9-45(23)26-4-5-34(41-16-26)43-30-12-25(19-48-33(39)17-42-36(30)48)28-6-7-40-35(29(28)20-49)47-11-10-46-31(37(47)50)13-24-14-38(2,3)15-32(24)46;/h4-7,10-13,16-17,19,23,27,49H,8-9,14-15,18,20-22H2,1-3H3,(H,41,43);1H2/t23-;/m0./s1. The topological polar surface area (TPSA) is 117 Å². The van der Waals surface area contributed by atoms with Crippen molar-refractivity contribution in [2.75, 3.05) is 43.1 Å². The molecule has 0 unspecified atom stereocenters. The highest BCUT2D eigenvalue weighted by atomic mass is 32.1. The molecule has 8 heterocycles. The van der Waals surface area contributed by atoms with Gasteiger partial charge in [-0.05, 0) is 66.6 Å². The molecule has 0 spiro atoms. The van der Waals surface area contributed by atoms with Crippen molar-refractivity contribution in [2.45, 2.75) is 52.3 Å². The van der Waals surface area contributed by atoms with Crippen LogP contribution in [-0.2, 0) is 24.2 Å². The summed E-state index contributed by atoms with van der Waals surface area (Å²) in [5.41, 5.74) is 6.47. The van der Waals surface area contributed by atoms with Crippen LogP contribution in [0, 0.1) is 11.4 Å². The van der Waals surface area contributed by atoms with E-state index < -0.39 is 5.95 Å². The molecule has 1 atom stereocenters. The molecule has 0 amide bonds. The third-order valence-corrected chi connectivity index (χ3v) is 10.8. The fourth-order valence-corrected chi connectivity index (χ4v) is 8.14. The fraction of sp³-hybridized carbons (Fsp3) is 0.368. The molecular weight excluding hydrogens is 682 g/mol. The van der Waals surface area contributed by atoms with E-state index in [-0.39, 0.29) is 31.1 Å². The lowest BCUT2D eigenvalue weighted by Crippen LogP contribution is -2.59. The second kappa shape index (κ2) is 13.0. The number of aliphatic hydroxyl groups is 1. The molecule has 2 N–H and O–H groups in total. The molecule has 0 saturated carbocycles. The maximum atomic E-state index is 15.1. The van der Waals surface area contributed by atoms with E-state index in [1.807, 2.05) is 35.0 Å². The largest absolute Gasteiger partial charge is 0.392 e. The van der Waals surface area contributed by atoms with Crippen molar-refractivity contribution in [1.29, 1.82) is 0 Å². The highest BCUT2D eigenvalue weighted by Gasteiger charge is 2.33. The lowest BCUT2D eigenvalue weighted by molar-refractivity contribution is -0.0691. The molecule has 3 aliphatic rings. The summed E-state index contributed by atoms with van der Waals surface area (Å²) in [6.45, 7) is 10.8. The van der Waals surface area contributed by atoms with Crippen molar-refractivity contribution >= 4 is 41.9 Å². The second-order valence-electron chi connectivity index (χ2n) is 14.9. The minimum atomic E-state index is -0.536. The zero-order valence-electron chi connectivity index (χ0n) is 29.4. The minimum Gasteiger partial charge on any atom is -0.392 e. The molecule has 2 aliphatic heterocycles. The first-order chi connectivity index (χ1) is 24.7. The first-order valence-corrected chi connectivity index (χ1v) is 17.5. The maximum absolute atomic E-state index is 15.1. The average Bonchev–Trinajstić information content (AvgIpc) is 3.73. The zero-order valence-corrected chi connectivity index (χ0v) is 30.4. The van der Waals surface area contributed by atoms with Gasteiger partial charge in [0, 0.05) is 67.3 Å². The van der Waals surface area contributed by atoms with Gasteiger partial charge in [-0.3, -0.25) is 18.7 Å². The maximum Gasteiger partial charge on any atom is 0.280 e. The number of nitrogens with zero attached hydrogens (tertiary/aromatic N) is 8. The summed E-state index contributed by atoms with van der Waals surface area (Å²) in [6.07, 6.45) is 11.7. The fourth-order valence-electron chi connectivity index (χ4n) is 8.14. The molecule has 0 aromatic carbocycles. The van der Waals surface area contributed by atoms with Crippen LogP contribution >= 0.6 is 13.5 Å². The summed E-state index contributed by atoms with van der Waals surface area (Å²) in [4.78, 5) is 32.4. The van der Waals surface area contributed by atoms with Gasteiger partial charge >= 0.3 is 0 Å². The number of fused-ring (bicyclic) bond motifs is 4. The number of piperazine rings is 1. The lowest BCUT2D eigenvalue weighted by atomic mass is 9.90. The first kappa shape index (κ1) is 34.3. The summed E-state index contributed by atoms with van der Waals surface area (Å²) in [5.74, 6) is 0.364. The van der Waals surface area contributed by atoms with E-state index in [0.29, 0.717) is 57.3 Å². The van der Waals surface area contributed by atoms with Gasteiger partial charge < -0.3 is 24.5 Å². The molecular formula is C38H42FN9O3S. The van der Waals surface area contributed by atoms with Gasteiger partial charge in [0.25, 0.3) is 5.56 Å². The molecule has 270 valence electrons. The summed E-state index contributed by atoms with van der Waals surface area (Å²) in [6, 6.07) is 10.4. The second-order valence-corrected chi connectivity index (χ2v) is 14.9. The highest BCUT2D eigenvalue weighted by Crippen LogP contribution is 2.38. The Morgan fingerprint density at radius 3 is 2.62 bits per heavy atom. The van der Waals surface area contributed by atoms with Crippen molar-refractivity contribution in [3.05, 3.63) is 101 Å². The summed E-state index contributed by atoms with van der Waals surface area (Å²) in [5, 5.41) is 14.1. The van der Waals surface area contributed by atoms with Gasteiger partial charge in [-0.25, -0.2) is 15.0 Å². The number of hydrogen-bond donors (Lipinski definition) is 2. The Bertz CT molecular complexity index is 2370. The van der Waals surface area contributed by atoms with Crippen LogP contribution in [0.5, 0.6) is 0 Å². The van der Waals surface area contributed by atoms with E-state index in [9.17, 15) is 9.90 Å². The van der Waals surface area contributed by atoms with E-state index in [1.54, 1.807) is 24.7 Å². The van der Waals surface area contributed by atoms with E-state index >= 15 is 4.39 Å². The van der Waals surface area contributed by atoms with Gasteiger partial charge in [0.05, 0.1) is 49.6 Å². The minimum absolute atomic E-state index is 0. The van der Waals surface area contributed by atoms with Gasteiger partial charge in [0.1, 0.15) is 17.2 Å². The van der Waals surface area contributed by atoms with Crippen molar-refractivity contribution in [1.82, 2.24) is 33.2 Å². The van der Waals surface area contributed by atoms with Gasteiger partial charge in [-0.1, -0.05) is 13.8 Å². The van der Waals surface area contributed by atoms with Crippen LogP contribution in [0.3, 0.4) is 0 Å². The van der Waals surface area contributed by atoms with Gasteiger partial charge in [0.2, 0.25) is 5.95 Å². The Hall–Kier alpha value is -4.76. The number of rotatable bonds is 7.